The Morgan fingerprint density at radius 1 is 1.29 bits per heavy atom. The zero-order valence-corrected chi connectivity index (χ0v) is 10.9. The van der Waals surface area contributed by atoms with E-state index in [1.165, 1.54) is 0 Å². The highest BCUT2D eigenvalue weighted by Gasteiger charge is 2.13. The van der Waals surface area contributed by atoms with Crippen molar-refractivity contribution in [3.05, 3.63) is 28.0 Å². The summed E-state index contributed by atoms with van der Waals surface area (Å²) in [6.45, 7) is -0.230. The Bertz CT molecular complexity index is 484. The van der Waals surface area contributed by atoms with Crippen LogP contribution in [0.5, 0.6) is 0 Å². The lowest BCUT2D eigenvalue weighted by Crippen LogP contribution is -2.17. The first-order valence-electron chi connectivity index (χ1n) is 4.61. The Balaban J connectivity index is 2.89. The van der Waals surface area contributed by atoms with Gasteiger partial charge in [0.05, 0.1) is 21.5 Å². The van der Waals surface area contributed by atoms with E-state index in [4.69, 9.17) is 28.3 Å². The molecule has 0 unspecified atom stereocenters. The second kappa shape index (κ2) is 5.86. The van der Waals surface area contributed by atoms with Crippen LogP contribution >= 0.6 is 23.2 Å². The van der Waals surface area contributed by atoms with Crippen molar-refractivity contribution >= 4 is 38.9 Å². The second-order valence-electron chi connectivity index (χ2n) is 3.25. The summed E-state index contributed by atoms with van der Waals surface area (Å²) in [6, 6.07) is 2.25. The van der Waals surface area contributed by atoms with Crippen LogP contribution < -0.4 is 4.72 Å². The number of hydrogen-bond acceptors (Lipinski definition) is 3. The van der Waals surface area contributed by atoms with Gasteiger partial charge in [0, 0.05) is 6.61 Å². The molecule has 17 heavy (non-hydrogen) atoms. The molecular formula is C9H10Cl2FNO3S. The maximum atomic E-state index is 13.1. The van der Waals surface area contributed by atoms with Gasteiger partial charge in [-0.2, -0.15) is 0 Å². The Kier molecular flexibility index (Phi) is 5.00. The Hall–Kier alpha value is -0.560. The van der Waals surface area contributed by atoms with Crippen LogP contribution in [-0.2, 0) is 10.0 Å². The molecule has 0 radical (unpaired) electrons. The van der Waals surface area contributed by atoms with Crippen LogP contribution in [-0.4, -0.2) is 25.9 Å². The highest BCUT2D eigenvalue weighted by atomic mass is 35.5. The molecule has 0 heterocycles. The van der Waals surface area contributed by atoms with Crippen LogP contribution in [0, 0.1) is 5.82 Å². The quantitative estimate of drug-likeness (QED) is 0.820. The maximum absolute atomic E-state index is 13.1. The van der Waals surface area contributed by atoms with E-state index in [0.29, 0.717) is 0 Å². The van der Waals surface area contributed by atoms with E-state index in [9.17, 15) is 12.8 Å². The van der Waals surface area contributed by atoms with E-state index in [2.05, 4.69) is 4.72 Å². The average Bonchev–Trinajstić information content (AvgIpc) is 2.22. The SMILES string of the molecule is O=S(=O)(CCCO)Nc1cc(Cl)c(F)c(Cl)c1. The van der Waals surface area contributed by atoms with Gasteiger partial charge < -0.3 is 5.11 Å². The number of sulfonamides is 1. The van der Waals surface area contributed by atoms with Gasteiger partial charge in [0.25, 0.3) is 0 Å². The summed E-state index contributed by atoms with van der Waals surface area (Å²) in [7, 11) is -3.59. The largest absolute Gasteiger partial charge is 0.396 e. The van der Waals surface area contributed by atoms with Crippen LogP contribution in [0.1, 0.15) is 6.42 Å². The van der Waals surface area contributed by atoms with Crippen molar-refractivity contribution in [2.45, 2.75) is 6.42 Å². The molecule has 1 rings (SSSR count). The molecule has 0 atom stereocenters. The molecule has 0 amide bonds. The van der Waals surface area contributed by atoms with E-state index in [0.717, 1.165) is 12.1 Å². The number of aliphatic hydroxyl groups excluding tert-OH is 1. The number of aliphatic hydroxyl groups is 1. The molecule has 0 aromatic heterocycles. The molecule has 4 nitrogen and oxygen atoms in total. The molecule has 0 aliphatic heterocycles. The first-order valence-corrected chi connectivity index (χ1v) is 7.02. The van der Waals surface area contributed by atoms with E-state index in [1.807, 2.05) is 0 Å². The zero-order chi connectivity index (χ0) is 13.1. The van der Waals surface area contributed by atoms with Crippen LogP contribution in [0.25, 0.3) is 0 Å². The molecule has 2 N–H and O–H groups in total. The summed E-state index contributed by atoms with van der Waals surface area (Å²) in [5.41, 5.74) is 0.0827. The molecule has 0 spiro atoms. The van der Waals surface area contributed by atoms with Gasteiger partial charge in [0.1, 0.15) is 0 Å². The highest BCUT2D eigenvalue weighted by Crippen LogP contribution is 2.27. The lowest BCUT2D eigenvalue weighted by Gasteiger charge is -2.08. The van der Waals surface area contributed by atoms with Crippen molar-refractivity contribution in [3.63, 3.8) is 0 Å². The van der Waals surface area contributed by atoms with Gasteiger partial charge in [0.15, 0.2) is 5.82 Å². The van der Waals surface area contributed by atoms with E-state index in [1.54, 1.807) is 0 Å². The van der Waals surface area contributed by atoms with Gasteiger partial charge >= 0.3 is 0 Å². The molecule has 96 valence electrons. The molecule has 0 bridgehead atoms. The molecule has 0 saturated carbocycles. The minimum Gasteiger partial charge on any atom is -0.396 e. The fourth-order valence-electron chi connectivity index (χ4n) is 1.10. The van der Waals surface area contributed by atoms with Gasteiger partial charge in [-0.15, -0.1) is 0 Å². The van der Waals surface area contributed by atoms with Crippen molar-refractivity contribution in [1.82, 2.24) is 0 Å². The third-order valence-corrected chi connectivity index (χ3v) is 3.75. The Labute approximate surface area is 108 Å². The predicted octanol–water partition coefficient (Wildman–Crippen LogP) is 2.26. The van der Waals surface area contributed by atoms with Gasteiger partial charge in [0.2, 0.25) is 10.0 Å². The Morgan fingerprint density at radius 3 is 2.29 bits per heavy atom. The van der Waals surface area contributed by atoms with E-state index >= 15 is 0 Å². The lowest BCUT2D eigenvalue weighted by molar-refractivity contribution is 0.295. The van der Waals surface area contributed by atoms with E-state index in [-0.39, 0.29) is 34.5 Å². The maximum Gasteiger partial charge on any atom is 0.232 e. The fourth-order valence-corrected chi connectivity index (χ4v) is 2.67. The molecule has 0 saturated heterocycles. The molecule has 0 aliphatic carbocycles. The third-order valence-electron chi connectivity index (χ3n) is 1.83. The summed E-state index contributed by atoms with van der Waals surface area (Å²) in [4.78, 5) is 0. The van der Waals surface area contributed by atoms with Crippen LogP contribution in [0.15, 0.2) is 12.1 Å². The minimum absolute atomic E-state index is 0.0827. The number of hydrogen-bond donors (Lipinski definition) is 2. The second-order valence-corrected chi connectivity index (χ2v) is 5.91. The lowest BCUT2D eigenvalue weighted by atomic mass is 10.3. The first kappa shape index (κ1) is 14.5. The topological polar surface area (TPSA) is 66.4 Å². The summed E-state index contributed by atoms with van der Waals surface area (Å²) < 4.78 is 38.2. The monoisotopic (exact) mass is 301 g/mol. The normalized spacial score (nSPS) is 11.5. The Morgan fingerprint density at radius 2 is 1.82 bits per heavy atom. The van der Waals surface area contributed by atoms with Gasteiger partial charge in [-0.1, -0.05) is 23.2 Å². The number of rotatable bonds is 5. The number of anilines is 1. The minimum atomic E-state index is -3.59. The van der Waals surface area contributed by atoms with Crippen LogP contribution in [0.3, 0.4) is 0 Å². The summed E-state index contributed by atoms with van der Waals surface area (Å²) in [5, 5.41) is 8.00. The van der Waals surface area contributed by atoms with Gasteiger partial charge in [-0.3, -0.25) is 4.72 Å². The molecule has 0 fully saturated rings. The van der Waals surface area contributed by atoms with Gasteiger partial charge in [-0.05, 0) is 18.6 Å². The molecule has 0 aliphatic rings. The van der Waals surface area contributed by atoms with Crippen molar-refractivity contribution in [2.24, 2.45) is 0 Å². The number of benzene rings is 1. The molecule has 8 heteroatoms. The summed E-state index contributed by atoms with van der Waals surface area (Å²) >= 11 is 11.0. The van der Waals surface area contributed by atoms with Crippen molar-refractivity contribution in [1.29, 1.82) is 0 Å². The molecule has 1 aromatic rings. The van der Waals surface area contributed by atoms with Crippen molar-refractivity contribution < 1.29 is 17.9 Å². The molecule has 1 aromatic carbocycles. The van der Waals surface area contributed by atoms with Crippen LogP contribution in [0.4, 0.5) is 10.1 Å². The average molecular weight is 302 g/mol. The third kappa shape index (κ3) is 4.31. The first-order chi connectivity index (χ1) is 7.85. The van der Waals surface area contributed by atoms with E-state index < -0.39 is 15.8 Å². The van der Waals surface area contributed by atoms with Gasteiger partial charge in [-0.25, -0.2) is 12.8 Å². The highest BCUT2D eigenvalue weighted by molar-refractivity contribution is 7.92. The number of nitrogens with one attached hydrogen (secondary N) is 1. The number of halogens is 3. The fraction of sp³-hybridized carbons (Fsp3) is 0.333. The smallest absolute Gasteiger partial charge is 0.232 e. The molecular weight excluding hydrogens is 292 g/mol. The predicted molar refractivity (Wildman–Crippen MR) is 65.5 cm³/mol. The zero-order valence-electron chi connectivity index (χ0n) is 8.58. The van der Waals surface area contributed by atoms with Crippen molar-refractivity contribution in [2.75, 3.05) is 17.1 Å². The van der Waals surface area contributed by atoms with Crippen molar-refractivity contribution in [3.8, 4) is 0 Å². The summed E-state index contributed by atoms with van der Waals surface area (Å²) in [5.74, 6) is -1.04. The van der Waals surface area contributed by atoms with Crippen LogP contribution in [0.2, 0.25) is 10.0 Å². The summed E-state index contributed by atoms with van der Waals surface area (Å²) in [6.07, 6.45) is 0.109. The standard InChI is InChI=1S/C9H10Cl2FNO3S/c10-7-4-6(5-8(11)9(7)12)13-17(15,16)3-1-2-14/h4-5,13-14H,1-3H2.